The topological polar surface area (TPSA) is 72.5 Å². The molecule has 2 aromatic carbocycles. The summed E-state index contributed by atoms with van der Waals surface area (Å²) in [7, 11) is -1.32. The molecule has 0 bridgehead atoms. The van der Waals surface area contributed by atoms with Crippen LogP contribution in [0, 0.1) is 0 Å². The molecule has 0 spiro atoms. The van der Waals surface area contributed by atoms with Gasteiger partial charge < -0.3 is 10.1 Å². The van der Waals surface area contributed by atoms with Crippen molar-refractivity contribution >= 4 is 51.6 Å². The van der Waals surface area contributed by atoms with E-state index in [2.05, 4.69) is 5.32 Å². The third-order valence-electron chi connectivity index (χ3n) is 3.48. The summed E-state index contributed by atoms with van der Waals surface area (Å²) in [6.45, 7) is 3.19. The molecule has 5 nitrogen and oxygen atoms in total. The first kappa shape index (κ1) is 20.4. The lowest BCUT2D eigenvalue weighted by Crippen LogP contribution is -2.30. The van der Waals surface area contributed by atoms with Gasteiger partial charge in [-0.15, -0.1) is 0 Å². The maximum atomic E-state index is 12.4. The highest BCUT2D eigenvalue weighted by Gasteiger charge is 2.22. The quantitative estimate of drug-likeness (QED) is 0.716. The minimum Gasteiger partial charge on any atom is -0.449 e. The fraction of sp³-hybridized carbons (Fsp3) is 0.222. The van der Waals surface area contributed by atoms with Crippen molar-refractivity contribution < 1.29 is 18.5 Å². The molecule has 0 radical (unpaired) electrons. The van der Waals surface area contributed by atoms with Gasteiger partial charge in [-0.25, -0.2) is 4.79 Å². The van der Waals surface area contributed by atoms with Crippen LogP contribution in [-0.2, 0) is 20.3 Å². The SMILES string of the molecule is CC[S@](=O)c1ccccc1C(=O)O[C@@H](C)C(=O)Nc1cccc(Cl)c1Cl. The van der Waals surface area contributed by atoms with Crippen molar-refractivity contribution in [3.05, 3.63) is 58.1 Å². The van der Waals surface area contributed by atoms with E-state index in [1.165, 1.54) is 13.0 Å². The van der Waals surface area contributed by atoms with Crippen LogP contribution in [0.2, 0.25) is 10.0 Å². The van der Waals surface area contributed by atoms with Crippen molar-refractivity contribution in [1.82, 2.24) is 0 Å². The number of benzene rings is 2. The minimum absolute atomic E-state index is 0.174. The molecular weight excluding hydrogens is 397 g/mol. The number of anilines is 1. The zero-order chi connectivity index (χ0) is 19.3. The van der Waals surface area contributed by atoms with Gasteiger partial charge in [0, 0.05) is 5.75 Å². The Hall–Kier alpha value is -1.89. The number of carbonyl (C=O) groups is 2. The highest BCUT2D eigenvalue weighted by Crippen LogP contribution is 2.29. The smallest absolute Gasteiger partial charge is 0.340 e. The maximum absolute atomic E-state index is 12.4. The molecule has 2 atom stereocenters. The lowest BCUT2D eigenvalue weighted by atomic mass is 10.2. The van der Waals surface area contributed by atoms with Crippen LogP contribution in [0.25, 0.3) is 0 Å². The Morgan fingerprint density at radius 1 is 1.15 bits per heavy atom. The largest absolute Gasteiger partial charge is 0.449 e. The number of carbonyl (C=O) groups excluding carboxylic acids is 2. The Labute approximate surface area is 164 Å². The van der Waals surface area contributed by atoms with Gasteiger partial charge in [0.25, 0.3) is 5.91 Å². The van der Waals surface area contributed by atoms with Gasteiger partial charge in [-0.2, -0.15) is 0 Å². The molecule has 2 rings (SSSR count). The van der Waals surface area contributed by atoms with Crippen LogP contribution in [0.15, 0.2) is 47.4 Å². The second-order valence-electron chi connectivity index (χ2n) is 5.27. The lowest BCUT2D eigenvalue weighted by Gasteiger charge is -2.15. The number of esters is 1. The second kappa shape index (κ2) is 9.16. The van der Waals surface area contributed by atoms with Crippen LogP contribution in [-0.4, -0.2) is 27.9 Å². The van der Waals surface area contributed by atoms with Gasteiger partial charge in [0.05, 0.1) is 37.0 Å². The summed E-state index contributed by atoms with van der Waals surface area (Å²) in [4.78, 5) is 25.0. The summed E-state index contributed by atoms with van der Waals surface area (Å²) in [5.41, 5.74) is 0.493. The summed E-state index contributed by atoms with van der Waals surface area (Å²) < 4.78 is 17.3. The molecule has 138 valence electrons. The third-order valence-corrected chi connectivity index (χ3v) is 5.67. The number of hydrogen-bond donors (Lipinski definition) is 1. The molecule has 0 heterocycles. The van der Waals surface area contributed by atoms with Crippen molar-refractivity contribution in [2.24, 2.45) is 0 Å². The number of hydrogen-bond acceptors (Lipinski definition) is 4. The highest BCUT2D eigenvalue weighted by molar-refractivity contribution is 7.85. The van der Waals surface area contributed by atoms with Crippen LogP contribution < -0.4 is 5.32 Å². The average Bonchev–Trinajstić information content (AvgIpc) is 2.64. The van der Waals surface area contributed by atoms with E-state index in [-0.39, 0.29) is 10.6 Å². The van der Waals surface area contributed by atoms with Gasteiger partial charge in [0.1, 0.15) is 0 Å². The molecule has 8 heteroatoms. The minimum atomic E-state index is -1.32. The Morgan fingerprint density at radius 3 is 2.54 bits per heavy atom. The van der Waals surface area contributed by atoms with E-state index in [0.29, 0.717) is 21.4 Å². The molecule has 0 fully saturated rings. The molecule has 0 aliphatic carbocycles. The summed E-state index contributed by atoms with van der Waals surface area (Å²) in [6.07, 6.45) is -1.08. The number of rotatable bonds is 6. The van der Waals surface area contributed by atoms with Crippen molar-refractivity contribution in [3.63, 3.8) is 0 Å². The molecule has 0 saturated carbocycles. The van der Waals surface area contributed by atoms with Crippen molar-refractivity contribution in [2.75, 3.05) is 11.1 Å². The van der Waals surface area contributed by atoms with E-state index in [1.54, 1.807) is 43.3 Å². The van der Waals surface area contributed by atoms with E-state index in [0.717, 1.165) is 0 Å². The first-order valence-electron chi connectivity index (χ1n) is 7.78. The molecule has 1 amide bonds. The van der Waals surface area contributed by atoms with Gasteiger partial charge >= 0.3 is 5.97 Å². The third kappa shape index (κ3) is 4.84. The van der Waals surface area contributed by atoms with Gasteiger partial charge in [0.2, 0.25) is 0 Å². The summed E-state index contributed by atoms with van der Waals surface area (Å²) in [5, 5.41) is 3.06. The molecule has 0 saturated heterocycles. The van der Waals surface area contributed by atoms with Crippen LogP contribution >= 0.6 is 23.2 Å². The fourth-order valence-electron chi connectivity index (χ4n) is 2.10. The maximum Gasteiger partial charge on any atom is 0.340 e. The molecule has 1 N–H and O–H groups in total. The molecular formula is C18H17Cl2NO4S. The van der Waals surface area contributed by atoms with Crippen LogP contribution in [0.4, 0.5) is 5.69 Å². The Morgan fingerprint density at radius 2 is 1.85 bits per heavy atom. The Balaban J connectivity index is 2.11. The van der Waals surface area contributed by atoms with E-state index < -0.39 is 28.8 Å². The number of amides is 1. The first-order valence-corrected chi connectivity index (χ1v) is 9.85. The Kier molecular flexibility index (Phi) is 7.20. The summed E-state index contributed by atoms with van der Waals surface area (Å²) in [6, 6.07) is 11.3. The van der Waals surface area contributed by atoms with Gasteiger partial charge in [-0.1, -0.05) is 48.3 Å². The molecule has 0 unspecified atom stereocenters. The van der Waals surface area contributed by atoms with E-state index in [1.807, 2.05) is 0 Å². The standard InChI is InChI=1S/C18H17Cl2NO4S/c1-3-26(24)15-10-5-4-7-12(15)18(23)25-11(2)17(22)21-14-9-6-8-13(19)16(14)20/h4-11H,3H2,1-2H3,(H,21,22)/t11-,26-/m0/s1. The fourth-order valence-corrected chi connectivity index (χ4v) is 3.39. The van der Waals surface area contributed by atoms with E-state index >= 15 is 0 Å². The second-order valence-corrected chi connectivity index (χ2v) is 7.76. The normalized spacial score (nSPS) is 12.9. The highest BCUT2D eigenvalue weighted by atomic mass is 35.5. The van der Waals surface area contributed by atoms with Crippen LogP contribution in [0.5, 0.6) is 0 Å². The van der Waals surface area contributed by atoms with Crippen LogP contribution in [0.1, 0.15) is 24.2 Å². The number of halogens is 2. The summed E-state index contributed by atoms with van der Waals surface area (Å²) in [5.74, 6) is -0.910. The zero-order valence-corrected chi connectivity index (χ0v) is 16.5. The van der Waals surface area contributed by atoms with Crippen molar-refractivity contribution in [3.8, 4) is 0 Å². The summed E-state index contributed by atoms with van der Waals surface area (Å²) >= 11 is 11.9. The van der Waals surface area contributed by atoms with Gasteiger partial charge in [0.15, 0.2) is 6.10 Å². The molecule has 0 aliphatic heterocycles. The van der Waals surface area contributed by atoms with Crippen LogP contribution in [0.3, 0.4) is 0 Å². The predicted octanol–water partition coefficient (Wildman–Crippen LogP) is 4.30. The molecule has 0 aliphatic rings. The zero-order valence-electron chi connectivity index (χ0n) is 14.1. The van der Waals surface area contributed by atoms with E-state index in [9.17, 15) is 13.8 Å². The average molecular weight is 414 g/mol. The van der Waals surface area contributed by atoms with Gasteiger partial charge in [-0.05, 0) is 31.2 Å². The van der Waals surface area contributed by atoms with Gasteiger partial charge in [-0.3, -0.25) is 9.00 Å². The van der Waals surface area contributed by atoms with Crippen molar-refractivity contribution in [1.29, 1.82) is 0 Å². The Bertz CT molecular complexity index is 857. The molecule has 26 heavy (non-hydrogen) atoms. The lowest BCUT2D eigenvalue weighted by molar-refractivity contribution is -0.123. The number of ether oxygens (including phenoxy) is 1. The monoisotopic (exact) mass is 413 g/mol. The molecule has 0 aromatic heterocycles. The molecule has 2 aromatic rings. The van der Waals surface area contributed by atoms with E-state index in [4.69, 9.17) is 27.9 Å². The number of nitrogens with one attached hydrogen (secondary N) is 1. The predicted molar refractivity (Wildman–Crippen MR) is 103 cm³/mol. The van der Waals surface area contributed by atoms with Crippen molar-refractivity contribution in [2.45, 2.75) is 24.8 Å². The first-order chi connectivity index (χ1) is 12.3.